The lowest BCUT2D eigenvalue weighted by atomic mass is 10.00. The van der Waals surface area contributed by atoms with Crippen molar-refractivity contribution in [2.75, 3.05) is 7.11 Å². The molecule has 0 fully saturated rings. The van der Waals surface area contributed by atoms with Gasteiger partial charge in [-0.1, -0.05) is 43.3 Å². The van der Waals surface area contributed by atoms with Crippen LogP contribution in [0.15, 0.2) is 48.5 Å². The highest BCUT2D eigenvalue weighted by Crippen LogP contribution is 2.27. The van der Waals surface area contributed by atoms with E-state index < -0.39 is 12.1 Å². The monoisotopic (exact) mass is 300 g/mol. The van der Waals surface area contributed by atoms with Crippen LogP contribution in [0.2, 0.25) is 0 Å². The van der Waals surface area contributed by atoms with Crippen molar-refractivity contribution in [3.8, 4) is 11.5 Å². The topological polar surface area (TPSA) is 55.8 Å². The number of ether oxygens (including phenoxy) is 2. The summed E-state index contributed by atoms with van der Waals surface area (Å²) in [5, 5.41) is 9.46. The molecule has 0 saturated carbocycles. The number of aryl methyl sites for hydroxylation is 1. The molecule has 0 aromatic heterocycles. The lowest BCUT2D eigenvalue weighted by Gasteiger charge is -2.18. The van der Waals surface area contributed by atoms with Crippen LogP contribution in [0.4, 0.5) is 0 Å². The third-order valence-electron chi connectivity index (χ3n) is 3.52. The highest BCUT2D eigenvalue weighted by atomic mass is 16.5. The second-order valence-electron chi connectivity index (χ2n) is 4.92. The van der Waals surface area contributed by atoms with Crippen LogP contribution in [0.1, 0.15) is 18.1 Å². The zero-order valence-corrected chi connectivity index (χ0v) is 12.8. The second kappa shape index (κ2) is 7.50. The van der Waals surface area contributed by atoms with Crippen LogP contribution in [0.5, 0.6) is 11.5 Å². The van der Waals surface area contributed by atoms with Crippen molar-refractivity contribution in [1.29, 1.82) is 0 Å². The molecule has 0 bridgehead atoms. The van der Waals surface area contributed by atoms with E-state index in [4.69, 9.17) is 9.47 Å². The number of carboxylic acids is 1. The van der Waals surface area contributed by atoms with Gasteiger partial charge in [0, 0.05) is 6.42 Å². The molecular formula is C18H20O4. The second-order valence-corrected chi connectivity index (χ2v) is 4.92. The summed E-state index contributed by atoms with van der Waals surface area (Å²) in [6.45, 7) is 2.05. The number of aliphatic carboxylic acids is 1. The Morgan fingerprint density at radius 2 is 1.64 bits per heavy atom. The molecule has 1 N–H and O–H groups in total. The van der Waals surface area contributed by atoms with Crippen LogP contribution in [-0.4, -0.2) is 24.3 Å². The van der Waals surface area contributed by atoms with Gasteiger partial charge in [0.1, 0.15) is 0 Å². The number of benzene rings is 2. The van der Waals surface area contributed by atoms with Crippen molar-refractivity contribution >= 4 is 5.97 Å². The minimum atomic E-state index is -0.989. The fraction of sp³-hybridized carbons (Fsp3) is 0.278. The van der Waals surface area contributed by atoms with Crippen LogP contribution in [0.25, 0.3) is 0 Å². The van der Waals surface area contributed by atoms with Crippen molar-refractivity contribution in [2.24, 2.45) is 0 Å². The van der Waals surface area contributed by atoms with Crippen molar-refractivity contribution in [3.05, 3.63) is 59.7 Å². The van der Waals surface area contributed by atoms with E-state index in [2.05, 4.69) is 6.92 Å². The molecule has 0 aliphatic rings. The summed E-state index contributed by atoms with van der Waals surface area (Å²) in [6.07, 6.45) is 0.221. The van der Waals surface area contributed by atoms with Gasteiger partial charge in [-0.15, -0.1) is 0 Å². The number of carbonyl (C=O) groups is 1. The first-order valence-corrected chi connectivity index (χ1v) is 7.25. The van der Waals surface area contributed by atoms with Gasteiger partial charge in [-0.3, -0.25) is 0 Å². The number of hydrogen-bond acceptors (Lipinski definition) is 3. The molecule has 1 atom stereocenters. The number of hydrogen-bond donors (Lipinski definition) is 1. The van der Waals surface area contributed by atoms with Crippen molar-refractivity contribution < 1.29 is 19.4 Å². The molecule has 4 nitrogen and oxygen atoms in total. The summed E-state index contributed by atoms with van der Waals surface area (Å²) < 4.78 is 10.9. The summed E-state index contributed by atoms with van der Waals surface area (Å²) in [4.78, 5) is 11.5. The minimum absolute atomic E-state index is 0.317. The minimum Gasteiger partial charge on any atom is -0.493 e. The largest absolute Gasteiger partial charge is 0.493 e. The summed E-state index contributed by atoms with van der Waals surface area (Å²) in [6, 6.07) is 14.9. The van der Waals surface area contributed by atoms with Gasteiger partial charge in [0.25, 0.3) is 0 Å². The van der Waals surface area contributed by atoms with E-state index >= 15 is 0 Å². The number of rotatable bonds is 7. The van der Waals surface area contributed by atoms with Gasteiger partial charge < -0.3 is 14.6 Å². The molecule has 0 aliphatic heterocycles. The summed E-state index contributed by atoms with van der Waals surface area (Å²) in [7, 11) is 1.53. The smallest absolute Gasteiger partial charge is 0.345 e. The maximum absolute atomic E-state index is 11.5. The normalized spacial score (nSPS) is 11.7. The Balaban J connectivity index is 2.22. The summed E-state index contributed by atoms with van der Waals surface area (Å²) in [5.41, 5.74) is 2.13. The van der Waals surface area contributed by atoms with Gasteiger partial charge in [-0.2, -0.15) is 0 Å². The maximum atomic E-state index is 11.5. The van der Waals surface area contributed by atoms with Crippen LogP contribution in [-0.2, 0) is 17.6 Å². The molecule has 0 heterocycles. The maximum Gasteiger partial charge on any atom is 0.345 e. The van der Waals surface area contributed by atoms with Crippen LogP contribution >= 0.6 is 0 Å². The Kier molecular flexibility index (Phi) is 5.42. The third kappa shape index (κ3) is 3.79. The van der Waals surface area contributed by atoms with Gasteiger partial charge in [0.05, 0.1) is 7.11 Å². The first kappa shape index (κ1) is 15.9. The van der Waals surface area contributed by atoms with Gasteiger partial charge in [0.15, 0.2) is 17.6 Å². The fourth-order valence-corrected chi connectivity index (χ4v) is 2.35. The Morgan fingerprint density at radius 3 is 2.23 bits per heavy atom. The van der Waals surface area contributed by atoms with Gasteiger partial charge in [0.2, 0.25) is 0 Å². The Labute approximate surface area is 130 Å². The molecule has 0 spiro atoms. The zero-order valence-electron chi connectivity index (χ0n) is 12.8. The van der Waals surface area contributed by atoms with Crippen LogP contribution in [0.3, 0.4) is 0 Å². The Morgan fingerprint density at radius 1 is 1.05 bits per heavy atom. The first-order chi connectivity index (χ1) is 10.7. The van der Waals surface area contributed by atoms with Gasteiger partial charge in [-0.05, 0) is 29.7 Å². The number of carboxylic acid groups (broad SMARTS) is 1. The molecule has 0 saturated heterocycles. The molecule has 0 unspecified atom stereocenters. The van der Waals surface area contributed by atoms with Crippen LogP contribution < -0.4 is 9.47 Å². The van der Waals surface area contributed by atoms with E-state index in [9.17, 15) is 9.90 Å². The number of methoxy groups -OCH3 is 1. The SMILES string of the molecule is CCc1ccccc1C[C@H](Oc1ccccc1OC)C(=O)O. The number of para-hydroxylation sites is 2. The molecule has 22 heavy (non-hydrogen) atoms. The highest BCUT2D eigenvalue weighted by molar-refractivity contribution is 5.73. The molecule has 2 aromatic rings. The highest BCUT2D eigenvalue weighted by Gasteiger charge is 2.22. The Bertz CT molecular complexity index is 587. The molecule has 0 radical (unpaired) electrons. The van der Waals surface area contributed by atoms with E-state index in [0.29, 0.717) is 17.9 Å². The predicted octanol–water partition coefficient (Wildman–Crippen LogP) is 3.33. The standard InChI is InChI=1S/C18H20O4/c1-3-13-8-4-5-9-14(13)12-17(18(19)20)22-16-11-7-6-10-15(16)21-2/h4-11,17H,3,12H2,1-2H3,(H,19,20)/t17-/m0/s1. The lowest BCUT2D eigenvalue weighted by Crippen LogP contribution is -2.30. The van der Waals surface area contributed by atoms with Crippen molar-refractivity contribution in [3.63, 3.8) is 0 Å². The first-order valence-electron chi connectivity index (χ1n) is 7.25. The molecule has 2 aromatic carbocycles. The molecule has 0 amide bonds. The van der Waals surface area contributed by atoms with E-state index in [0.717, 1.165) is 17.5 Å². The molecule has 116 valence electrons. The van der Waals surface area contributed by atoms with E-state index in [1.54, 1.807) is 18.2 Å². The quantitative estimate of drug-likeness (QED) is 0.852. The average molecular weight is 300 g/mol. The van der Waals surface area contributed by atoms with E-state index in [1.807, 2.05) is 30.3 Å². The third-order valence-corrected chi connectivity index (χ3v) is 3.52. The fourth-order valence-electron chi connectivity index (χ4n) is 2.35. The van der Waals surface area contributed by atoms with Crippen LogP contribution in [0, 0.1) is 0 Å². The van der Waals surface area contributed by atoms with E-state index in [1.165, 1.54) is 7.11 Å². The zero-order chi connectivity index (χ0) is 15.9. The van der Waals surface area contributed by atoms with E-state index in [-0.39, 0.29) is 0 Å². The molecule has 2 rings (SSSR count). The lowest BCUT2D eigenvalue weighted by molar-refractivity contribution is -0.145. The summed E-state index contributed by atoms with van der Waals surface area (Å²) >= 11 is 0. The average Bonchev–Trinajstić information content (AvgIpc) is 2.55. The van der Waals surface area contributed by atoms with Crippen molar-refractivity contribution in [1.82, 2.24) is 0 Å². The van der Waals surface area contributed by atoms with Crippen molar-refractivity contribution in [2.45, 2.75) is 25.9 Å². The molecule has 0 aliphatic carbocycles. The predicted molar refractivity (Wildman–Crippen MR) is 84.6 cm³/mol. The van der Waals surface area contributed by atoms with Gasteiger partial charge in [-0.25, -0.2) is 4.79 Å². The summed E-state index contributed by atoms with van der Waals surface area (Å²) in [5.74, 6) is -0.0271. The van der Waals surface area contributed by atoms with Gasteiger partial charge >= 0.3 is 5.97 Å². The Hall–Kier alpha value is -2.49. The molecular weight excluding hydrogens is 280 g/mol. The molecule has 4 heteroatoms.